The van der Waals surface area contributed by atoms with E-state index >= 15 is 0 Å². The maximum absolute atomic E-state index is 12.1. The number of anilines is 1. The molecule has 1 aromatic heterocycles. The molecule has 34 heavy (non-hydrogen) atoms. The first-order valence-corrected chi connectivity index (χ1v) is 10.6. The van der Waals surface area contributed by atoms with Gasteiger partial charge >= 0.3 is 0 Å². The molecule has 0 amide bonds. The number of phenols is 2. The quantitative estimate of drug-likeness (QED) is 0.227. The zero-order chi connectivity index (χ0) is 23.5. The molecule has 0 aliphatic rings. The largest absolute Gasteiger partial charge is 0.508 e. The van der Waals surface area contributed by atoms with E-state index in [2.05, 4.69) is 20.7 Å². The summed E-state index contributed by atoms with van der Waals surface area (Å²) in [6.07, 6.45) is 0. The van der Waals surface area contributed by atoms with E-state index in [1.165, 1.54) is 12.1 Å². The standard InChI is InChI=1S/C27H20N4O3/c32-20-14-15-23(24(33)16-20)26(17-6-2-1-3-7-17)29-28-19-12-10-18(11-13-19)25-21-8-4-5-9-22(21)27(34)31-30-25/h1-16,28,32-33H,(H,31,34). The molecule has 0 aliphatic carbocycles. The Bertz CT molecular complexity index is 1560. The number of nitrogens with zero attached hydrogens (tertiary/aromatic N) is 2. The molecule has 7 nitrogen and oxygen atoms in total. The lowest BCUT2D eigenvalue weighted by Crippen LogP contribution is -2.09. The highest BCUT2D eigenvalue weighted by atomic mass is 16.3. The van der Waals surface area contributed by atoms with Crippen LogP contribution in [-0.4, -0.2) is 26.1 Å². The SMILES string of the molecule is O=c1[nH]nc(-c2ccc(NN=C(c3ccccc3)c3ccc(O)cc3O)cc2)c2ccccc12. The highest BCUT2D eigenvalue weighted by molar-refractivity contribution is 6.14. The van der Waals surface area contributed by atoms with Gasteiger partial charge in [0, 0.05) is 28.1 Å². The average molecular weight is 448 g/mol. The lowest BCUT2D eigenvalue weighted by Gasteiger charge is -2.11. The molecule has 4 N–H and O–H groups in total. The van der Waals surface area contributed by atoms with Crippen molar-refractivity contribution < 1.29 is 10.2 Å². The van der Waals surface area contributed by atoms with Gasteiger partial charge in [-0.25, -0.2) is 5.10 Å². The third-order valence-corrected chi connectivity index (χ3v) is 5.43. The van der Waals surface area contributed by atoms with Gasteiger partial charge in [-0.1, -0.05) is 60.7 Å². The van der Waals surface area contributed by atoms with Crippen molar-refractivity contribution in [2.45, 2.75) is 0 Å². The van der Waals surface area contributed by atoms with Crippen molar-refractivity contribution in [3.8, 4) is 22.8 Å². The second kappa shape index (κ2) is 8.91. The summed E-state index contributed by atoms with van der Waals surface area (Å²) >= 11 is 0. The number of aromatic amines is 1. The van der Waals surface area contributed by atoms with Crippen LogP contribution in [-0.2, 0) is 0 Å². The van der Waals surface area contributed by atoms with Crippen LogP contribution in [0.4, 0.5) is 5.69 Å². The number of aromatic hydroxyl groups is 2. The smallest absolute Gasteiger partial charge is 0.272 e. The highest BCUT2D eigenvalue weighted by Gasteiger charge is 2.13. The first-order chi connectivity index (χ1) is 16.6. The zero-order valence-electron chi connectivity index (χ0n) is 17.9. The lowest BCUT2D eigenvalue weighted by molar-refractivity contribution is 0.450. The zero-order valence-corrected chi connectivity index (χ0v) is 17.9. The van der Waals surface area contributed by atoms with Crippen LogP contribution < -0.4 is 11.0 Å². The molecule has 0 saturated heterocycles. The van der Waals surface area contributed by atoms with Gasteiger partial charge in [0.15, 0.2) is 0 Å². The average Bonchev–Trinajstić information content (AvgIpc) is 2.87. The summed E-state index contributed by atoms with van der Waals surface area (Å²) in [5, 5.41) is 32.8. The first kappa shape index (κ1) is 21.0. The molecule has 0 aliphatic heterocycles. The van der Waals surface area contributed by atoms with Gasteiger partial charge < -0.3 is 10.2 Å². The minimum Gasteiger partial charge on any atom is -0.508 e. The molecular weight excluding hydrogens is 428 g/mol. The van der Waals surface area contributed by atoms with E-state index in [1.54, 1.807) is 12.1 Å². The van der Waals surface area contributed by atoms with Crippen LogP contribution in [0.2, 0.25) is 0 Å². The maximum atomic E-state index is 12.1. The minimum absolute atomic E-state index is 0.0272. The number of rotatable bonds is 5. The van der Waals surface area contributed by atoms with E-state index in [-0.39, 0.29) is 17.1 Å². The van der Waals surface area contributed by atoms with Gasteiger partial charge in [-0.2, -0.15) is 10.2 Å². The predicted molar refractivity (Wildman–Crippen MR) is 133 cm³/mol. The Balaban J connectivity index is 1.48. The maximum Gasteiger partial charge on any atom is 0.272 e. The summed E-state index contributed by atoms with van der Waals surface area (Å²) in [5.41, 5.74) is 6.89. The number of nitrogens with one attached hydrogen (secondary N) is 2. The Hall–Kier alpha value is -4.91. The van der Waals surface area contributed by atoms with E-state index in [0.717, 1.165) is 22.2 Å². The molecule has 5 aromatic rings. The molecule has 0 atom stereocenters. The summed E-state index contributed by atoms with van der Waals surface area (Å²) < 4.78 is 0. The van der Waals surface area contributed by atoms with Crippen molar-refractivity contribution in [2.24, 2.45) is 5.10 Å². The molecule has 5 rings (SSSR count). The number of H-pyrrole nitrogens is 1. The summed E-state index contributed by atoms with van der Waals surface area (Å²) in [7, 11) is 0. The summed E-state index contributed by atoms with van der Waals surface area (Å²) in [6, 6.07) is 28.7. The van der Waals surface area contributed by atoms with Gasteiger partial charge in [0.25, 0.3) is 5.56 Å². The van der Waals surface area contributed by atoms with E-state index < -0.39 is 0 Å². The molecule has 4 aromatic carbocycles. The van der Waals surface area contributed by atoms with Crippen molar-refractivity contribution in [2.75, 3.05) is 5.43 Å². The number of hydrogen-bond acceptors (Lipinski definition) is 6. The predicted octanol–water partition coefficient (Wildman–Crippen LogP) is 4.87. The Morgan fingerprint density at radius 3 is 2.26 bits per heavy atom. The molecule has 7 heteroatoms. The van der Waals surface area contributed by atoms with Crippen LogP contribution in [0.1, 0.15) is 11.1 Å². The molecule has 0 saturated carbocycles. The van der Waals surface area contributed by atoms with Crippen LogP contribution in [0.5, 0.6) is 11.5 Å². The fourth-order valence-corrected chi connectivity index (χ4v) is 3.75. The van der Waals surface area contributed by atoms with Crippen LogP contribution in [0.25, 0.3) is 22.0 Å². The highest BCUT2D eigenvalue weighted by Crippen LogP contribution is 2.27. The van der Waals surface area contributed by atoms with Gasteiger partial charge in [0.05, 0.1) is 16.8 Å². The third-order valence-electron chi connectivity index (χ3n) is 5.43. The second-order valence-electron chi connectivity index (χ2n) is 7.66. The summed E-state index contributed by atoms with van der Waals surface area (Å²) in [5.74, 6) is -0.101. The van der Waals surface area contributed by atoms with Crippen molar-refractivity contribution in [3.05, 3.63) is 119 Å². The fraction of sp³-hybridized carbons (Fsp3) is 0. The summed E-state index contributed by atoms with van der Waals surface area (Å²) in [4.78, 5) is 12.1. The van der Waals surface area contributed by atoms with Crippen LogP contribution in [0, 0.1) is 0 Å². The van der Waals surface area contributed by atoms with Gasteiger partial charge in [-0.15, -0.1) is 0 Å². The number of hydrogen-bond donors (Lipinski definition) is 4. The van der Waals surface area contributed by atoms with Crippen LogP contribution >= 0.6 is 0 Å². The fourth-order valence-electron chi connectivity index (χ4n) is 3.75. The third kappa shape index (κ3) is 4.10. The van der Waals surface area contributed by atoms with Crippen molar-refractivity contribution in [3.63, 3.8) is 0 Å². The normalized spacial score (nSPS) is 11.5. The van der Waals surface area contributed by atoms with Crippen LogP contribution in [0.3, 0.4) is 0 Å². The number of phenolic OH excluding ortho intramolecular Hbond substituents is 2. The first-order valence-electron chi connectivity index (χ1n) is 10.6. The van der Waals surface area contributed by atoms with Crippen molar-refractivity contribution in [1.82, 2.24) is 10.2 Å². The number of benzene rings is 4. The van der Waals surface area contributed by atoms with E-state index in [9.17, 15) is 15.0 Å². The second-order valence-corrected chi connectivity index (χ2v) is 7.66. The number of hydrazone groups is 1. The monoisotopic (exact) mass is 448 g/mol. The summed E-state index contributed by atoms with van der Waals surface area (Å²) in [6.45, 7) is 0. The van der Waals surface area contributed by atoms with Gasteiger partial charge in [-0.3, -0.25) is 10.2 Å². The van der Waals surface area contributed by atoms with E-state index in [4.69, 9.17) is 0 Å². The molecule has 1 heterocycles. The minimum atomic E-state index is -0.224. The topological polar surface area (TPSA) is 111 Å². The Kier molecular flexibility index (Phi) is 5.50. The Morgan fingerprint density at radius 2 is 1.53 bits per heavy atom. The number of fused-ring (bicyclic) bond motifs is 1. The van der Waals surface area contributed by atoms with Crippen molar-refractivity contribution >= 4 is 22.2 Å². The number of aromatic nitrogens is 2. The molecule has 0 unspecified atom stereocenters. The Labute approximate surface area is 194 Å². The molecule has 0 spiro atoms. The molecule has 166 valence electrons. The van der Waals surface area contributed by atoms with Gasteiger partial charge in [0.1, 0.15) is 17.2 Å². The van der Waals surface area contributed by atoms with Gasteiger partial charge in [-0.05, 0) is 30.3 Å². The Morgan fingerprint density at radius 1 is 0.824 bits per heavy atom. The molecule has 0 fully saturated rings. The van der Waals surface area contributed by atoms with Crippen molar-refractivity contribution in [1.29, 1.82) is 0 Å². The van der Waals surface area contributed by atoms with Gasteiger partial charge in [0.2, 0.25) is 0 Å². The molecule has 0 radical (unpaired) electrons. The van der Waals surface area contributed by atoms with E-state index in [1.807, 2.05) is 72.8 Å². The molecule has 0 bridgehead atoms. The van der Waals surface area contributed by atoms with E-state index in [0.29, 0.717) is 22.4 Å². The van der Waals surface area contributed by atoms with Crippen LogP contribution in [0.15, 0.2) is 107 Å². The molecular formula is C27H20N4O3. The lowest BCUT2D eigenvalue weighted by atomic mass is 10.0.